The number of nitrogens with zero attached hydrogens (tertiary/aromatic N) is 3. The molecule has 1 amide bonds. The summed E-state index contributed by atoms with van der Waals surface area (Å²) >= 11 is 1.42. The number of rotatable bonds is 6. The molecule has 0 aliphatic carbocycles. The van der Waals surface area contributed by atoms with Crippen molar-refractivity contribution < 1.29 is 14.4 Å². The maximum absolute atomic E-state index is 12.4. The third kappa shape index (κ3) is 4.81. The van der Waals surface area contributed by atoms with Crippen molar-refractivity contribution in [3.63, 3.8) is 0 Å². The van der Waals surface area contributed by atoms with E-state index in [1.165, 1.54) is 21.8 Å². The number of hydrogen-bond acceptors (Lipinski definition) is 6. The first-order chi connectivity index (χ1) is 14.1. The first-order valence-electron chi connectivity index (χ1n) is 9.58. The number of nitrogens with one attached hydrogen (secondary N) is 2. The number of carbonyl (C=O) groups is 1. The fraction of sp³-hybridized carbons (Fsp3) is 0.350. The van der Waals surface area contributed by atoms with Crippen molar-refractivity contribution in [1.82, 2.24) is 9.38 Å². The van der Waals surface area contributed by atoms with Gasteiger partial charge in [0.05, 0.1) is 20.3 Å². The number of fused-ring (bicyclic) bond motifs is 1. The summed E-state index contributed by atoms with van der Waals surface area (Å²) in [6.45, 7) is 4.05. The Morgan fingerprint density at radius 3 is 2.79 bits per heavy atom. The molecule has 4 rings (SSSR count). The number of carbonyl (C=O) groups excluding carboxylic acids is 1. The van der Waals surface area contributed by atoms with E-state index in [1.54, 1.807) is 6.20 Å². The number of hydrogen-bond donors (Lipinski definition) is 2. The van der Waals surface area contributed by atoms with E-state index >= 15 is 0 Å². The Balaban J connectivity index is 1.32. The molecule has 0 bridgehead atoms. The lowest BCUT2D eigenvalue weighted by Gasteiger charge is -2.28. The van der Waals surface area contributed by atoms with Crippen molar-refractivity contribution in [3.8, 4) is 0 Å². The van der Waals surface area contributed by atoms with E-state index in [4.69, 9.17) is 4.74 Å². The highest BCUT2D eigenvalue weighted by Gasteiger charge is 2.14. The number of anilines is 2. The lowest BCUT2D eigenvalue weighted by atomic mass is 10.2. The molecule has 2 N–H and O–H groups in total. The second-order valence-corrected chi connectivity index (χ2v) is 8.02. The van der Waals surface area contributed by atoms with Crippen LogP contribution in [0.4, 0.5) is 11.4 Å². The number of aromatic nitrogens is 2. The van der Waals surface area contributed by atoms with Crippen molar-refractivity contribution in [2.75, 3.05) is 50.1 Å². The van der Waals surface area contributed by atoms with E-state index in [1.807, 2.05) is 36.7 Å². The molecular formula is C20H24N5O3S+. The van der Waals surface area contributed by atoms with Gasteiger partial charge in [0, 0.05) is 42.1 Å². The van der Waals surface area contributed by atoms with Crippen molar-refractivity contribution in [2.24, 2.45) is 0 Å². The molecule has 0 spiro atoms. The van der Waals surface area contributed by atoms with Crippen LogP contribution < -0.4 is 20.7 Å². The number of likely N-dealkylation sites (N-methyl/N-ethyl adjacent to an activating group) is 1. The van der Waals surface area contributed by atoms with Gasteiger partial charge in [0.2, 0.25) is 0 Å². The van der Waals surface area contributed by atoms with Crippen LogP contribution in [0.2, 0.25) is 0 Å². The average molecular weight is 415 g/mol. The highest BCUT2D eigenvalue weighted by atomic mass is 32.1. The van der Waals surface area contributed by atoms with E-state index in [-0.39, 0.29) is 18.0 Å². The smallest absolute Gasteiger partial charge is 0.279 e. The first-order valence-corrected chi connectivity index (χ1v) is 10.5. The lowest BCUT2D eigenvalue weighted by molar-refractivity contribution is -0.885. The number of ether oxygens (including phenoxy) is 1. The van der Waals surface area contributed by atoms with Crippen LogP contribution in [0.1, 0.15) is 5.69 Å². The predicted octanol–water partition coefficient (Wildman–Crippen LogP) is 0.246. The maximum Gasteiger partial charge on any atom is 0.279 e. The molecule has 1 saturated heterocycles. The molecule has 1 unspecified atom stereocenters. The molecule has 2 aromatic heterocycles. The Kier molecular flexibility index (Phi) is 5.89. The Labute approximate surface area is 172 Å². The van der Waals surface area contributed by atoms with Gasteiger partial charge in [0.15, 0.2) is 11.5 Å². The van der Waals surface area contributed by atoms with Crippen LogP contribution in [0, 0.1) is 0 Å². The Morgan fingerprint density at radius 2 is 2.03 bits per heavy atom. The van der Waals surface area contributed by atoms with E-state index in [2.05, 4.69) is 15.2 Å². The summed E-state index contributed by atoms with van der Waals surface area (Å²) in [5, 5.41) is 4.77. The van der Waals surface area contributed by atoms with Crippen molar-refractivity contribution in [1.29, 1.82) is 0 Å². The molecule has 1 aliphatic heterocycles. The number of quaternary nitrogens is 1. The van der Waals surface area contributed by atoms with Gasteiger partial charge < -0.3 is 19.9 Å². The second-order valence-electron chi connectivity index (χ2n) is 7.15. The van der Waals surface area contributed by atoms with Crippen LogP contribution in [-0.4, -0.2) is 55.2 Å². The quantitative estimate of drug-likeness (QED) is 0.604. The fourth-order valence-corrected chi connectivity index (χ4v) is 4.15. The minimum Gasteiger partial charge on any atom is -0.378 e. The summed E-state index contributed by atoms with van der Waals surface area (Å²) in [4.78, 5) is 32.9. The van der Waals surface area contributed by atoms with Crippen LogP contribution in [0.15, 0.2) is 46.7 Å². The highest BCUT2D eigenvalue weighted by molar-refractivity contribution is 7.15. The Bertz CT molecular complexity index is 1040. The number of thiazole rings is 1. The maximum atomic E-state index is 12.4. The van der Waals surface area contributed by atoms with E-state index in [9.17, 15) is 9.59 Å². The number of morpholine rings is 1. The van der Waals surface area contributed by atoms with Crippen LogP contribution in [-0.2, 0) is 16.1 Å². The van der Waals surface area contributed by atoms with E-state index in [0.717, 1.165) is 42.6 Å². The molecule has 0 radical (unpaired) electrons. The van der Waals surface area contributed by atoms with E-state index < -0.39 is 0 Å². The van der Waals surface area contributed by atoms with Gasteiger partial charge in [-0.05, 0) is 24.3 Å². The zero-order chi connectivity index (χ0) is 20.2. The summed E-state index contributed by atoms with van der Waals surface area (Å²) in [7, 11) is 1.92. The fourth-order valence-electron chi connectivity index (χ4n) is 3.41. The van der Waals surface area contributed by atoms with Gasteiger partial charge in [-0.2, -0.15) is 0 Å². The van der Waals surface area contributed by atoms with Gasteiger partial charge >= 0.3 is 0 Å². The molecule has 9 heteroatoms. The van der Waals surface area contributed by atoms with Crippen molar-refractivity contribution in [2.45, 2.75) is 6.54 Å². The van der Waals surface area contributed by atoms with Crippen LogP contribution in [0.5, 0.6) is 0 Å². The normalized spacial score (nSPS) is 15.4. The van der Waals surface area contributed by atoms with Crippen molar-refractivity contribution in [3.05, 3.63) is 58.0 Å². The predicted molar refractivity (Wildman–Crippen MR) is 113 cm³/mol. The molecule has 29 heavy (non-hydrogen) atoms. The largest absolute Gasteiger partial charge is 0.378 e. The topological polar surface area (TPSA) is 80.4 Å². The van der Waals surface area contributed by atoms with Crippen LogP contribution in [0.3, 0.4) is 0 Å². The Hall–Kier alpha value is -2.75. The average Bonchev–Trinajstić information content (AvgIpc) is 3.18. The summed E-state index contributed by atoms with van der Waals surface area (Å²) in [5.41, 5.74) is 2.51. The highest BCUT2D eigenvalue weighted by Crippen LogP contribution is 2.18. The Morgan fingerprint density at radius 1 is 1.28 bits per heavy atom. The lowest BCUT2D eigenvalue weighted by Crippen LogP contribution is -3.08. The van der Waals surface area contributed by atoms with Gasteiger partial charge in [-0.3, -0.25) is 14.0 Å². The van der Waals surface area contributed by atoms with Gasteiger partial charge in [-0.25, -0.2) is 4.98 Å². The molecule has 0 saturated carbocycles. The molecular weight excluding hydrogens is 390 g/mol. The zero-order valence-corrected chi connectivity index (χ0v) is 17.1. The molecule has 3 heterocycles. The molecule has 1 aliphatic rings. The first kappa shape index (κ1) is 19.6. The summed E-state index contributed by atoms with van der Waals surface area (Å²) in [6.07, 6.45) is 1.72. The van der Waals surface area contributed by atoms with Crippen LogP contribution >= 0.6 is 11.3 Å². The third-order valence-corrected chi connectivity index (χ3v) is 5.59. The summed E-state index contributed by atoms with van der Waals surface area (Å²) in [5.74, 6) is -0.0736. The standard InChI is InChI=1S/C20H23N5O3S/c1-23(13-16-12-19(27)25-8-11-29-20(25)22-16)14-18(26)21-15-2-4-17(5-3-15)24-6-9-28-10-7-24/h2-5,8,11-12H,6-7,9-10,13-14H2,1H3,(H,21,26)/p+1. The van der Waals surface area contributed by atoms with Crippen molar-refractivity contribution >= 4 is 33.6 Å². The van der Waals surface area contributed by atoms with Gasteiger partial charge in [0.1, 0.15) is 12.2 Å². The number of benzene rings is 1. The summed E-state index contributed by atoms with van der Waals surface area (Å²) < 4.78 is 6.90. The molecule has 1 aromatic carbocycles. The molecule has 3 aromatic rings. The van der Waals surface area contributed by atoms with Gasteiger partial charge in [-0.15, -0.1) is 11.3 Å². The number of amides is 1. The third-order valence-electron chi connectivity index (χ3n) is 4.83. The molecule has 1 fully saturated rings. The molecule has 1 atom stereocenters. The van der Waals surface area contributed by atoms with Gasteiger partial charge in [-0.1, -0.05) is 0 Å². The minimum atomic E-state index is -0.0936. The van der Waals surface area contributed by atoms with E-state index in [0.29, 0.717) is 17.2 Å². The zero-order valence-electron chi connectivity index (χ0n) is 16.3. The summed E-state index contributed by atoms with van der Waals surface area (Å²) in [6, 6.07) is 9.41. The molecule has 152 valence electrons. The second kappa shape index (κ2) is 8.73. The monoisotopic (exact) mass is 414 g/mol. The minimum absolute atomic E-state index is 0.0736. The molecule has 8 nitrogen and oxygen atoms in total. The van der Waals surface area contributed by atoms with Crippen LogP contribution in [0.25, 0.3) is 4.96 Å². The SMILES string of the molecule is C[NH+](CC(=O)Nc1ccc(N2CCOCC2)cc1)Cc1cc(=O)n2ccsc2n1. The van der Waals surface area contributed by atoms with Gasteiger partial charge in [0.25, 0.3) is 11.5 Å².